The van der Waals surface area contributed by atoms with Crippen LogP contribution in [0.1, 0.15) is 36.2 Å². The fourth-order valence-electron chi connectivity index (χ4n) is 2.37. The second kappa shape index (κ2) is 6.07. The van der Waals surface area contributed by atoms with Gasteiger partial charge < -0.3 is 10.4 Å². The zero-order valence-corrected chi connectivity index (χ0v) is 10.4. The molecule has 0 aliphatic heterocycles. The van der Waals surface area contributed by atoms with Gasteiger partial charge in [-0.2, -0.15) is 0 Å². The summed E-state index contributed by atoms with van der Waals surface area (Å²) in [6.07, 6.45) is 4.52. The number of aliphatic hydroxyl groups excluding tert-OH is 1. The van der Waals surface area contributed by atoms with E-state index >= 15 is 0 Å². The Bertz CT molecular complexity index is 356. The molecule has 1 amide bonds. The first-order valence-electron chi connectivity index (χ1n) is 5.97. The minimum atomic E-state index is -0.166. The average Bonchev–Trinajstić information content (AvgIpc) is 2.90. The zero-order valence-electron chi connectivity index (χ0n) is 9.63. The molecule has 0 radical (unpaired) electrons. The molecular formula is C11H17N3O2S. The Kier molecular flexibility index (Phi) is 4.44. The number of hydrogen-bond donors (Lipinski definition) is 2. The highest BCUT2D eigenvalue weighted by Gasteiger charge is 2.25. The molecule has 5 nitrogen and oxygen atoms in total. The first kappa shape index (κ1) is 12.4. The molecule has 94 valence electrons. The molecule has 1 aromatic heterocycles. The van der Waals surface area contributed by atoms with Crippen molar-refractivity contribution in [2.75, 3.05) is 13.2 Å². The lowest BCUT2D eigenvalue weighted by atomic mass is 9.79. The summed E-state index contributed by atoms with van der Waals surface area (Å²) in [5.41, 5.74) is 0.381. The second-order valence-corrected chi connectivity index (χ2v) is 5.10. The summed E-state index contributed by atoms with van der Waals surface area (Å²) < 4.78 is 3.66. The molecule has 1 fully saturated rings. The fraction of sp³-hybridized carbons (Fsp3) is 0.727. The van der Waals surface area contributed by atoms with Crippen molar-refractivity contribution < 1.29 is 9.90 Å². The van der Waals surface area contributed by atoms with Gasteiger partial charge in [-0.1, -0.05) is 17.3 Å². The van der Waals surface area contributed by atoms with Gasteiger partial charge in [0.25, 0.3) is 5.91 Å². The molecule has 2 N–H and O–H groups in total. The summed E-state index contributed by atoms with van der Waals surface area (Å²) in [6.45, 7) is 0.848. The Morgan fingerprint density at radius 1 is 1.47 bits per heavy atom. The molecule has 1 aliphatic rings. The standard InChI is InChI=1S/C11H17N3O2S/c15-6-9-4-2-1-3-8(9)5-12-11(16)10-7-17-14-13-10/h7-9,15H,1-6H2,(H,12,16). The maximum Gasteiger partial charge on any atom is 0.272 e. The molecule has 2 atom stereocenters. The van der Waals surface area contributed by atoms with Crippen LogP contribution in [0.3, 0.4) is 0 Å². The van der Waals surface area contributed by atoms with Gasteiger partial charge in [0.2, 0.25) is 0 Å². The number of hydrogen-bond acceptors (Lipinski definition) is 5. The molecule has 1 aromatic rings. The average molecular weight is 255 g/mol. The van der Waals surface area contributed by atoms with Crippen LogP contribution in [0.5, 0.6) is 0 Å². The smallest absolute Gasteiger partial charge is 0.272 e. The normalized spacial score (nSPS) is 24.5. The summed E-state index contributed by atoms with van der Waals surface area (Å²) in [4.78, 5) is 11.7. The Hall–Kier alpha value is -1.01. The lowest BCUT2D eigenvalue weighted by Gasteiger charge is -2.30. The predicted molar refractivity (Wildman–Crippen MR) is 64.8 cm³/mol. The Morgan fingerprint density at radius 3 is 2.88 bits per heavy atom. The summed E-state index contributed by atoms with van der Waals surface area (Å²) in [6, 6.07) is 0. The van der Waals surface area contributed by atoms with E-state index in [0.29, 0.717) is 24.1 Å². The number of rotatable bonds is 4. The van der Waals surface area contributed by atoms with Crippen molar-refractivity contribution in [3.8, 4) is 0 Å². The van der Waals surface area contributed by atoms with Crippen molar-refractivity contribution in [3.63, 3.8) is 0 Å². The summed E-state index contributed by atoms with van der Waals surface area (Å²) in [5.74, 6) is 0.558. The molecule has 1 aliphatic carbocycles. The van der Waals surface area contributed by atoms with E-state index in [9.17, 15) is 9.90 Å². The maximum atomic E-state index is 11.7. The molecule has 0 bridgehead atoms. The van der Waals surface area contributed by atoms with E-state index in [1.165, 1.54) is 24.4 Å². The summed E-state index contributed by atoms with van der Waals surface area (Å²) >= 11 is 1.17. The highest BCUT2D eigenvalue weighted by atomic mass is 32.1. The van der Waals surface area contributed by atoms with Gasteiger partial charge in [-0.3, -0.25) is 4.79 Å². The Labute approximate surface area is 104 Å². The van der Waals surface area contributed by atoms with Crippen LogP contribution in [-0.2, 0) is 0 Å². The van der Waals surface area contributed by atoms with Crippen LogP contribution in [0.15, 0.2) is 5.38 Å². The maximum absolute atomic E-state index is 11.7. The highest BCUT2D eigenvalue weighted by Crippen LogP contribution is 2.29. The first-order chi connectivity index (χ1) is 8.31. The molecule has 1 heterocycles. The van der Waals surface area contributed by atoms with Crippen molar-refractivity contribution in [2.24, 2.45) is 11.8 Å². The minimum absolute atomic E-state index is 0.166. The summed E-state index contributed by atoms with van der Waals surface area (Å²) in [5, 5.41) is 17.5. The van der Waals surface area contributed by atoms with Crippen molar-refractivity contribution >= 4 is 17.4 Å². The van der Waals surface area contributed by atoms with Crippen molar-refractivity contribution in [1.29, 1.82) is 0 Å². The molecule has 17 heavy (non-hydrogen) atoms. The van der Waals surface area contributed by atoms with E-state index < -0.39 is 0 Å². The second-order valence-electron chi connectivity index (χ2n) is 4.49. The number of nitrogens with zero attached hydrogens (tertiary/aromatic N) is 2. The van der Waals surface area contributed by atoms with Crippen LogP contribution in [0.25, 0.3) is 0 Å². The van der Waals surface area contributed by atoms with Crippen molar-refractivity contribution in [1.82, 2.24) is 14.9 Å². The number of aromatic nitrogens is 2. The van der Waals surface area contributed by atoms with E-state index in [4.69, 9.17) is 0 Å². The zero-order chi connectivity index (χ0) is 12.1. The van der Waals surface area contributed by atoms with Gasteiger partial charge in [-0.15, -0.1) is 5.10 Å². The van der Waals surface area contributed by atoms with Gasteiger partial charge in [0.15, 0.2) is 5.69 Å². The third-order valence-electron chi connectivity index (χ3n) is 3.42. The van der Waals surface area contributed by atoms with Gasteiger partial charge in [-0.25, -0.2) is 0 Å². The van der Waals surface area contributed by atoms with E-state index in [1.54, 1.807) is 5.38 Å². The Morgan fingerprint density at radius 2 is 2.24 bits per heavy atom. The molecule has 1 saturated carbocycles. The number of carbonyl (C=O) groups excluding carboxylic acids is 1. The van der Waals surface area contributed by atoms with Gasteiger partial charge in [0, 0.05) is 18.5 Å². The number of nitrogens with one attached hydrogen (secondary N) is 1. The van der Waals surface area contributed by atoms with Crippen LogP contribution in [0.4, 0.5) is 0 Å². The molecule has 0 saturated heterocycles. The predicted octanol–water partition coefficient (Wildman–Crippen LogP) is 1.07. The fourth-order valence-corrected chi connectivity index (χ4v) is 2.81. The monoisotopic (exact) mass is 255 g/mol. The molecule has 0 aromatic carbocycles. The van der Waals surface area contributed by atoms with Gasteiger partial charge in [-0.05, 0) is 36.2 Å². The number of aliphatic hydroxyl groups is 1. The van der Waals surface area contributed by atoms with E-state index in [0.717, 1.165) is 12.8 Å². The van der Waals surface area contributed by atoms with Gasteiger partial charge in [0.1, 0.15) is 0 Å². The van der Waals surface area contributed by atoms with Crippen LogP contribution in [0, 0.1) is 11.8 Å². The lowest BCUT2D eigenvalue weighted by molar-refractivity contribution is 0.0904. The highest BCUT2D eigenvalue weighted by molar-refractivity contribution is 7.03. The van der Waals surface area contributed by atoms with Gasteiger partial charge in [0.05, 0.1) is 0 Å². The topological polar surface area (TPSA) is 75.1 Å². The molecule has 0 spiro atoms. The van der Waals surface area contributed by atoms with E-state index in [-0.39, 0.29) is 12.5 Å². The lowest BCUT2D eigenvalue weighted by Crippen LogP contribution is -2.35. The third kappa shape index (κ3) is 3.23. The van der Waals surface area contributed by atoms with Crippen LogP contribution < -0.4 is 5.32 Å². The van der Waals surface area contributed by atoms with Crippen molar-refractivity contribution in [3.05, 3.63) is 11.1 Å². The Balaban J connectivity index is 1.82. The minimum Gasteiger partial charge on any atom is -0.396 e. The molecule has 2 unspecified atom stereocenters. The molecule has 6 heteroatoms. The van der Waals surface area contributed by atoms with Crippen LogP contribution >= 0.6 is 11.5 Å². The summed E-state index contributed by atoms with van der Waals surface area (Å²) in [7, 11) is 0. The number of amides is 1. The van der Waals surface area contributed by atoms with E-state index in [1.807, 2.05) is 0 Å². The number of carbonyl (C=O) groups is 1. The molecule has 2 rings (SSSR count). The van der Waals surface area contributed by atoms with E-state index in [2.05, 4.69) is 14.9 Å². The third-order valence-corrected chi connectivity index (χ3v) is 3.92. The SMILES string of the molecule is O=C(NCC1CCCCC1CO)c1csnn1. The molecular weight excluding hydrogens is 238 g/mol. The largest absolute Gasteiger partial charge is 0.396 e. The van der Waals surface area contributed by atoms with Crippen LogP contribution in [-0.4, -0.2) is 33.8 Å². The first-order valence-corrected chi connectivity index (χ1v) is 6.81. The van der Waals surface area contributed by atoms with Crippen molar-refractivity contribution in [2.45, 2.75) is 25.7 Å². The van der Waals surface area contributed by atoms with Crippen LogP contribution in [0.2, 0.25) is 0 Å². The quantitative estimate of drug-likeness (QED) is 0.843. The van der Waals surface area contributed by atoms with Gasteiger partial charge >= 0.3 is 0 Å².